The monoisotopic (exact) mass is 440 g/mol. The maximum absolute atomic E-state index is 12.8. The minimum atomic E-state index is 0.0957. The van der Waals surface area contributed by atoms with E-state index in [9.17, 15) is 9.59 Å². The molecule has 0 spiro atoms. The molecule has 4 fully saturated rings. The Morgan fingerprint density at radius 2 is 1.53 bits per heavy atom. The van der Waals surface area contributed by atoms with E-state index in [1.54, 1.807) is 6.20 Å². The Morgan fingerprint density at radius 3 is 2.12 bits per heavy atom. The van der Waals surface area contributed by atoms with E-state index in [1.807, 2.05) is 17.0 Å². The van der Waals surface area contributed by atoms with Gasteiger partial charge in [0.2, 0.25) is 5.91 Å². The summed E-state index contributed by atoms with van der Waals surface area (Å²) in [6.45, 7) is 9.50. The van der Waals surface area contributed by atoms with Gasteiger partial charge < -0.3 is 14.7 Å². The Hall–Kier alpha value is -2.19. The first kappa shape index (κ1) is 21.6. The van der Waals surface area contributed by atoms with Gasteiger partial charge in [0.15, 0.2) is 0 Å². The summed E-state index contributed by atoms with van der Waals surface area (Å²) in [5.74, 6) is 1.29. The number of rotatable bonds is 5. The third-order valence-corrected chi connectivity index (χ3v) is 7.70. The van der Waals surface area contributed by atoms with Crippen molar-refractivity contribution in [2.45, 2.75) is 38.1 Å². The highest BCUT2D eigenvalue weighted by Gasteiger charge is 2.30. The molecular formula is C24H36N6O2. The number of likely N-dealkylation sites (tertiary alicyclic amines) is 1. The van der Waals surface area contributed by atoms with Crippen molar-refractivity contribution >= 4 is 17.6 Å². The van der Waals surface area contributed by atoms with Crippen LogP contribution >= 0.6 is 0 Å². The third kappa shape index (κ3) is 4.76. The number of amides is 2. The molecular weight excluding hydrogens is 404 g/mol. The number of hydrogen-bond donors (Lipinski definition) is 0. The van der Waals surface area contributed by atoms with E-state index in [2.05, 4.69) is 24.6 Å². The van der Waals surface area contributed by atoms with E-state index < -0.39 is 0 Å². The van der Waals surface area contributed by atoms with Crippen LogP contribution in [-0.4, -0.2) is 114 Å². The van der Waals surface area contributed by atoms with Crippen molar-refractivity contribution in [2.75, 3.05) is 76.9 Å². The van der Waals surface area contributed by atoms with Crippen LogP contribution in [0, 0.1) is 0 Å². The van der Waals surface area contributed by atoms with Gasteiger partial charge in [-0.1, -0.05) is 6.42 Å². The van der Waals surface area contributed by atoms with Crippen LogP contribution in [0.1, 0.15) is 42.5 Å². The number of piperazine rings is 2. The lowest BCUT2D eigenvalue weighted by molar-refractivity contribution is -0.134. The normalized spacial score (nSPS) is 23.4. The minimum absolute atomic E-state index is 0.0957. The quantitative estimate of drug-likeness (QED) is 0.684. The molecule has 1 aromatic rings. The molecule has 3 saturated heterocycles. The molecule has 0 aromatic carbocycles. The topological polar surface area (TPSA) is 63.2 Å². The van der Waals surface area contributed by atoms with Crippen molar-refractivity contribution in [3.8, 4) is 0 Å². The van der Waals surface area contributed by atoms with E-state index in [4.69, 9.17) is 0 Å². The van der Waals surface area contributed by atoms with Crippen molar-refractivity contribution in [3.05, 3.63) is 23.9 Å². The van der Waals surface area contributed by atoms with Gasteiger partial charge in [-0.15, -0.1) is 0 Å². The summed E-state index contributed by atoms with van der Waals surface area (Å²) in [6, 6.07) is 4.65. The SMILES string of the molecule is O=C(CN1CCN(c2ccc(C(=O)N3CCCC3)cn2)CC1)N1CCN(C2CCC2)CC1. The van der Waals surface area contributed by atoms with Gasteiger partial charge in [-0.2, -0.15) is 0 Å². The average molecular weight is 441 g/mol. The van der Waals surface area contributed by atoms with Crippen LogP contribution in [0.25, 0.3) is 0 Å². The predicted molar refractivity (Wildman–Crippen MR) is 124 cm³/mol. The Bertz CT molecular complexity index is 789. The fraction of sp³-hybridized carbons (Fsp3) is 0.708. The fourth-order valence-electron chi connectivity index (χ4n) is 5.32. The van der Waals surface area contributed by atoms with E-state index >= 15 is 0 Å². The highest BCUT2D eigenvalue weighted by atomic mass is 16.2. The molecule has 1 aromatic heterocycles. The standard InChI is InChI=1S/C24H36N6O2/c31-23(29-16-14-27(15-17-29)21-4-3-5-21)19-26-10-12-28(13-11-26)22-7-6-20(18-25-22)24(32)30-8-1-2-9-30/h6-7,18,21H,1-5,8-17,19H2. The molecule has 4 heterocycles. The number of nitrogens with zero attached hydrogens (tertiary/aromatic N) is 6. The van der Waals surface area contributed by atoms with E-state index in [1.165, 1.54) is 19.3 Å². The van der Waals surface area contributed by atoms with E-state index in [0.29, 0.717) is 12.1 Å². The van der Waals surface area contributed by atoms with E-state index in [0.717, 1.165) is 90.1 Å². The van der Waals surface area contributed by atoms with Crippen molar-refractivity contribution < 1.29 is 9.59 Å². The molecule has 0 atom stereocenters. The maximum atomic E-state index is 12.8. The molecule has 174 valence electrons. The second-order valence-corrected chi connectivity index (χ2v) is 9.67. The number of aromatic nitrogens is 1. The molecule has 0 bridgehead atoms. The van der Waals surface area contributed by atoms with Gasteiger partial charge in [-0.3, -0.25) is 19.4 Å². The summed E-state index contributed by atoms with van der Waals surface area (Å²) in [6.07, 6.45) is 7.96. The molecule has 32 heavy (non-hydrogen) atoms. The van der Waals surface area contributed by atoms with Gasteiger partial charge in [0.25, 0.3) is 5.91 Å². The first-order valence-corrected chi connectivity index (χ1v) is 12.4. The zero-order valence-electron chi connectivity index (χ0n) is 19.1. The smallest absolute Gasteiger partial charge is 0.255 e. The average Bonchev–Trinajstić information content (AvgIpc) is 3.34. The van der Waals surface area contributed by atoms with Gasteiger partial charge in [0.05, 0.1) is 12.1 Å². The largest absolute Gasteiger partial charge is 0.354 e. The minimum Gasteiger partial charge on any atom is -0.354 e. The van der Waals surface area contributed by atoms with Gasteiger partial charge in [0.1, 0.15) is 5.82 Å². The number of carbonyl (C=O) groups excluding carboxylic acids is 2. The number of pyridine rings is 1. The fourth-order valence-corrected chi connectivity index (χ4v) is 5.32. The second kappa shape index (κ2) is 9.75. The summed E-state index contributed by atoms with van der Waals surface area (Å²) in [5, 5.41) is 0. The van der Waals surface area contributed by atoms with Crippen molar-refractivity contribution in [1.82, 2.24) is 24.6 Å². The molecule has 0 radical (unpaired) electrons. The Morgan fingerprint density at radius 1 is 0.812 bits per heavy atom. The van der Waals surface area contributed by atoms with Crippen LogP contribution < -0.4 is 4.90 Å². The van der Waals surface area contributed by atoms with Crippen LogP contribution in [0.2, 0.25) is 0 Å². The maximum Gasteiger partial charge on any atom is 0.255 e. The number of carbonyl (C=O) groups is 2. The second-order valence-electron chi connectivity index (χ2n) is 9.67. The molecule has 1 saturated carbocycles. The molecule has 8 heteroatoms. The zero-order valence-corrected chi connectivity index (χ0v) is 19.1. The van der Waals surface area contributed by atoms with Crippen molar-refractivity contribution in [3.63, 3.8) is 0 Å². The first-order valence-electron chi connectivity index (χ1n) is 12.4. The van der Waals surface area contributed by atoms with E-state index in [-0.39, 0.29) is 11.8 Å². The summed E-state index contributed by atoms with van der Waals surface area (Å²) < 4.78 is 0. The number of anilines is 1. The lowest BCUT2D eigenvalue weighted by Crippen LogP contribution is -2.56. The lowest BCUT2D eigenvalue weighted by atomic mass is 9.91. The summed E-state index contributed by atoms with van der Waals surface area (Å²) in [7, 11) is 0. The zero-order chi connectivity index (χ0) is 21.9. The molecule has 5 rings (SSSR count). The van der Waals surface area contributed by atoms with Gasteiger partial charge in [-0.05, 0) is 37.8 Å². The van der Waals surface area contributed by atoms with Gasteiger partial charge in [-0.25, -0.2) is 4.98 Å². The first-order chi connectivity index (χ1) is 15.7. The molecule has 2 amide bonds. The van der Waals surface area contributed by atoms with Crippen molar-refractivity contribution in [1.29, 1.82) is 0 Å². The van der Waals surface area contributed by atoms with Gasteiger partial charge >= 0.3 is 0 Å². The molecule has 8 nitrogen and oxygen atoms in total. The molecule has 3 aliphatic heterocycles. The molecule has 1 aliphatic carbocycles. The Labute approximate surface area is 191 Å². The predicted octanol–water partition coefficient (Wildman–Crippen LogP) is 1.14. The summed E-state index contributed by atoms with van der Waals surface area (Å²) in [4.78, 5) is 40.9. The third-order valence-electron chi connectivity index (χ3n) is 7.70. The van der Waals surface area contributed by atoms with Crippen LogP contribution in [0.3, 0.4) is 0 Å². The Balaban J connectivity index is 1.06. The van der Waals surface area contributed by atoms with Crippen molar-refractivity contribution in [2.24, 2.45) is 0 Å². The summed E-state index contributed by atoms with van der Waals surface area (Å²) >= 11 is 0. The highest BCUT2D eigenvalue weighted by Crippen LogP contribution is 2.25. The summed E-state index contributed by atoms with van der Waals surface area (Å²) in [5.41, 5.74) is 0.678. The highest BCUT2D eigenvalue weighted by molar-refractivity contribution is 5.94. The van der Waals surface area contributed by atoms with Crippen LogP contribution in [0.5, 0.6) is 0 Å². The molecule has 0 N–H and O–H groups in total. The molecule has 4 aliphatic rings. The number of hydrogen-bond acceptors (Lipinski definition) is 6. The van der Waals surface area contributed by atoms with Crippen LogP contribution in [-0.2, 0) is 4.79 Å². The molecule has 0 unspecified atom stereocenters. The van der Waals surface area contributed by atoms with Crippen LogP contribution in [0.4, 0.5) is 5.82 Å². The Kier molecular flexibility index (Phi) is 6.59. The lowest BCUT2D eigenvalue weighted by Gasteiger charge is -2.43. The van der Waals surface area contributed by atoms with Crippen LogP contribution in [0.15, 0.2) is 18.3 Å². The van der Waals surface area contributed by atoms with Gasteiger partial charge in [0, 0.05) is 77.7 Å².